The van der Waals surface area contributed by atoms with Crippen molar-refractivity contribution in [3.05, 3.63) is 72.4 Å². The summed E-state index contributed by atoms with van der Waals surface area (Å²) in [5, 5.41) is 4.57. The fraction of sp³-hybridized carbons (Fsp3) is 0.0588. The minimum Gasteiger partial charge on any atom is -0.293 e. The molecule has 3 nitrogen and oxygen atoms in total. The van der Waals surface area contributed by atoms with E-state index >= 15 is 0 Å². The molecule has 1 aromatic heterocycles. The lowest BCUT2D eigenvalue weighted by Crippen LogP contribution is -2.05. The van der Waals surface area contributed by atoms with Crippen molar-refractivity contribution in [1.29, 1.82) is 0 Å². The predicted octanol–water partition coefficient (Wildman–Crippen LogP) is 3.74. The number of carbonyl (C=O) groups excluding carboxylic acids is 1. The molecule has 0 aliphatic heterocycles. The number of benzene rings is 2. The van der Waals surface area contributed by atoms with Crippen molar-refractivity contribution in [2.24, 2.45) is 0 Å². The van der Waals surface area contributed by atoms with Gasteiger partial charge in [0.25, 0.3) is 0 Å². The number of hydrogen-bond acceptors (Lipinski definition) is 2. The first kappa shape index (κ1) is 12.4. The molecule has 0 atom stereocenters. The minimum absolute atomic E-state index is 0.00327. The van der Waals surface area contributed by atoms with Crippen LogP contribution in [0.2, 0.25) is 0 Å². The number of hydrogen-bond donors (Lipinski definition) is 0. The number of ketones is 1. The molecule has 0 aliphatic rings. The molecule has 2 aromatic carbocycles. The van der Waals surface area contributed by atoms with Crippen LogP contribution in [-0.4, -0.2) is 15.6 Å². The van der Waals surface area contributed by atoms with Crippen LogP contribution in [0, 0.1) is 0 Å². The van der Waals surface area contributed by atoms with Crippen LogP contribution in [0.3, 0.4) is 0 Å². The van der Waals surface area contributed by atoms with Crippen LogP contribution in [0.25, 0.3) is 16.9 Å². The normalized spacial score (nSPS) is 10.4. The topological polar surface area (TPSA) is 34.9 Å². The standard InChI is InChI=1S/C17H14N2O/c1-13(20)17-12-16(14-8-4-2-5-9-14)18-19(17)15-10-6-3-7-11-15/h2-12H,1H3. The molecule has 0 spiro atoms. The average molecular weight is 262 g/mol. The summed E-state index contributed by atoms with van der Waals surface area (Å²) >= 11 is 0. The van der Waals surface area contributed by atoms with Gasteiger partial charge in [0.1, 0.15) is 5.69 Å². The number of para-hydroxylation sites is 1. The van der Waals surface area contributed by atoms with Gasteiger partial charge < -0.3 is 0 Å². The van der Waals surface area contributed by atoms with Gasteiger partial charge >= 0.3 is 0 Å². The summed E-state index contributed by atoms with van der Waals surface area (Å²) in [5.74, 6) is 0.00327. The number of rotatable bonds is 3. The minimum atomic E-state index is 0.00327. The highest BCUT2D eigenvalue weighted by atomic mass is 16.1. The fourth-order valence-electron chi connectivity index (χ4n) is 2.15. The molecule has 20 heavy (non-hydrogen) atoms. The number of aromatic nitrogens is 2. The van der Waals surface area contributed by atoms with Crippen molar-refractivity contribution in [2.45, 2.75) is 6.92 Å². The summed E-state index contributed by atoms with van der Waals surface area (Å²) in [6.07, 6.45) is 0. The van der Waals surface area contributed by atoms with Gasteiger partial charge in [-0.05, 0) is 18.2 Å². The van der Waals surface area contributed by atoms with E-state index in [0.29, 0.717) is 5.69 Å². The van der Waals surface area contributed by atoms with Crippen molar-refractivity contribution in [3.8, 4) is 16.9 Å². The Morgan fingerprint density at radius 2 is 1.55 bits per heavy atom. The van der Waals surface area contributed by atoms with Crippen LogP contribution < -0.4 is 0 Å². The molecular formula is C17H14N2O. The SMILES string of the molecule is CC(=O)c1cc(-c2ccccc2)nn1-c1ccccc1. The molecular weight excluding hydrogens is 248 g/mol. The highest BCUT2D eigenvalue weighted by molar-refractivity contribution is 5.94. The Morgan fingerprint density at radius 1 is 0.950 bits per heavy atom. The van der Waals surface area contributed by atoms with Crippen LogP contribution in [0.5, 0.6) is 0 Å². The zero-order chi connectivity index (χ0) is 13.9. The Balaban J connectivity index is 2.15. The van der Waals surface area contributed by atoms with Crippen LogP contribution in [-0.2, 0) is 0 Å². The molecule has 0 amide bonds. The van der Waals surface area contributed by atoms with Gasteiger partial charge in [-0.3, -0.25) is 4.79 Å². The van der Waals surface area contributed by atoms with Gasteiger partial charge in [0.2, 0.25) is 0 Å². The predicted molar refractivity (Wildman–Crippen MR) is 79.0 cm³/mol. The largest absolute Gasteiger partial charge is 0.293 e. The van der Waals surface area contributed by atoms with E-state index < -0.39 is 0 Å². The molecule has 0 aliphatic carbocycles. The Hall–Kier alpha value is -2.68. The highest BCUT2D eigenvalue weighted by Gasteiger charge is 2.13. The molecule has 3 rings (SSSR count). The van der Waals surface area contributed by atoms with Gasteiger partial charge in [-0.1, -0.05) is 48.5 Å². The molecule has 0 saturated carbocycles. The van der Waals surface area contributed by atoms with Crippen molar-refractivity contribution >= 4 is 5.78 Å². The summed E-state index contributed by atoms with van der Waals surface area (Å²) in [5.41, 5.74) is 3.29. The van der Waals surface area contributed by atoms with E-state index in [9.17, 15) is 4.79 Å². The van der Waals surface area contributed by atoms with Crippen LogP contribution in [0.1, 0.15) is 17.4 Å². The summed E-state index contributed by atoms with van der Waals surface area (Å²) in [6, 6.07) is 21.4. The van der Waals surface area contributed by atoms with Crippen molar-refractivity contribution in [2.75, 3.05) is 0 Å². The Kier molecular flexibility index (Phi) is 3.17. The first-order valence-corrected chi connectivity index (χ1v) is 6.47. The fourth-order valence-corrected chi connectivity index (χ4v) is 2.15. The summed E-state index contributed by atoms with van der Waals surface area (Å²) in [4.78, 5) is 11.8. The number of Topliss-reactive ketones (excluding diaryl/α,β-unsaturated/α-hetero) is 1. The molecule has 0 saturated heterocycles. The van der Waals surface area contributed by atoms with E-state index in [4.69, 9.17) is 0 Å². The van der Waals surface area contributed by atoms with Gasteiger partial charge in [-0.2, -0.15) is 5.10 Å². The number of carbonyl (C=O) groups is 1. The van der Waals surface area contributed by atoms with E-state index in [2.05, 4.69) is 5.10 Å². The third-order valence-corrected chi connectivity index (χ3v) is 3.14. The Bertz CT molecular complexity index is 730. The third kappa shape index (κ3) is 2.26. The van der Waals surface area contributed by atoms with E-state index in [0.717, 1.165) is 16.9 Å². The van der Waals surface area contributed by atoms with Crippen molar-refractivity contribution in [1.82, 2.24) is 9.78 Å². The first-order valence-electron chi connectivity index (χ1n) is 6.47. The van der Waals surface area contributed by atoms with Crippen LogP contribution in [0.15, 0.2) is 66.7 Å². The number of nitrogens with zero attached hydrogens (tertiary/aromatic N) is 2. The van der Waals surface area contributed by atoms with Crippen LogP contribution >= 0.6 is 0 Å². The quantitative estimate of drug-likeness (QED) is 0.674. The smallest absolute Gasteiger partial charge is 0.178 e. The second-order valence-electron chi connectivity index (χ2n) is 4.58. The zero-order valence-electron chi connectivity index (χ0n) is 11.2. The van der Waals surface area contributed by atoms with E-state index in [1.807, 2.05) is 66.7 Å². The molecule has 3 aromatic rings. The lowest BCUT2D eigenvalue weighted by atomic mass is 10.1. The molecule has 0 fully saturated rings. The molecule has 1 heterocycles. The van der Waals surface area contributed by atoms with Gasteiger partial charge in [-0.15, -0.1) is 0 Å². The van der Waals surface area contributed by atoms with Crippen LogP contribution in [0.4, 0.5) is 0 Å². The summed E-state index contributed by atoms with van der Waals surface area (Å²) in [6.45, 7) is 1.56. The maximum Gasteiger partial charge on any atom is 0.178 e. The molecule has 0 radical (unpaired) electrons. The average Bonchev–Trinajstić information content (AvgIpc) is 2.94. The van der Waals surface area contributed by atoms with Gasteiger partial charge in [0, 0.05) is 12.5 Å². The zero-order valence-corrected chi connectivity index (χ0v) is 11.2. The van der Waals surface area contributed by atoms with Gasteiger partial charge in [-0.25, -0.2) is 4.68 Å². The van der Waals surface area contributed by atoms with Gasteiger partial charge in [0.15, 0.2) is 5.78 Å². The monoisotopic (exact) mass is 262 g/mol. The Labute approximate surface area is 117 Å². The second kappa shape index (κ2) is 5.13. The lowest BCUT2D eigenvalue weighted by Gasteiger charge is -2.04. The summed E-state index contributed by atoms with van der Waals surface area (Å²) < 4.78 is 1.70. The van der Waals surface area contributed by atoms with E-state index in [-0.39, 0.29) is 5.78 Å². The molecule has 0 N–H and O–H groups in total. The maximum absolute atomic E-state index is 11.8. The first-order chi connectivity index (χ1) is 9.75. The second-order valence-corrected chi connectivity index (χ2v) is 4.58. The molecule has 98 valence electrons. The maximum atomic E-state index is 11.8. The van der Waals surface area contributed by atoms with Crippen molar-refractivity contribution < 1.29 is 4.79 Å². The highest BCUT2D eigenvalue weighted by Crippen LogP contribution is 2.21. The molecule has 3 heteroatoms. The third-order valence-electron chi connectivity index (χ3n) is 3.14. The molecule has 0 bridgehead atoms. The lowest BCUT2D eigenvalue weighted by molar-refractivity contribution is 0.101. The van der Waals surface area contributed by atoms with E-state index in [1.165, 1.54) is 0 Å². The Morgan fingerprint density at radius 3 is 2.15 bits per heavy atom. The van der Waals surface area contributed by atoms with Crippen molar-refractivity contribution in [3.63, 3.8) is 0 Å². The molecule has 0 unspecified atom stereocenters. The summed E-state index contributed by atoms with van der Waals surface area (Å²) in [7, 11) is 0. The van der Waals surface area contributed by atoms with Gasteiger partial charge in [0.05, 0.1) is 11.4 Å². The van der Waals surface area contributed by atoms with E-state index in [1.54, 1.807) is 11.6 Å².